The van der Waals surface area contributed by atoms with Crippen molar-refractivity contribution in [2.24, 2.45) is 21.5 Å². The Morgan fingerprint density at radius 2 is 1.88 bits per heavy atom. The lowest BCUT2D eigenvalue weighted by molar-refractivity contribution is 0.130. The molecule has 1 aromatic rings. The molecule has 0 radical (unpaired) electrons. The normalized spacial score (nSPS) is 38.2. The zero-order chi connectivity index (χ0) is 16.1. The predicted molar refractivity (Wildman–Crippen MR) is 92.1 cm³/mol. The van der Waals surface area contributed by atoms with Gasteiger partial charge >= 0.3 is 0 Å². The standard InChI is InChI=1S/C18H22N4O2/c1-18-10-21-4-5-22(11-18)9-14(8-21)17(18)20-19-7-13-2-3-15-16(6-13)24-12-23-15/h2-3,6-7,14H,4-5,8-12H2,1H3/b19-7+,20-17-. The van der Waals surface area contributed by atoms with Gasteiger partial charge in [0, 0.05) is 50.6 Å². The van der Waals surface area contributed by atoms with Crippen LogP contribution in [0.25, 0.3) is 0 Å². The predicted octanol–water partition coefficient (Wildman–Crippen LogP) is 1.46. The molecule has 126 valence electrons. The minimum atomic E-state index is 0.143. The first-order valence-corrected chi connectivity index (χ1v) is 8.65. The second-order valence-electron chi connectivity index (χ2n) is 7.57. The average molecular weight is 326 g/mol. The van der Waals surface area contributed by atoms with Gasteiger partial charge < -0.3 is 19.3 Å². The fourth-order valence-corrected chi connectivity index (χ4v) is 4.65. The van der Waals surface area contributed by atoms with E-state index in [1.807, 2.05) is 24.4 Å². The number of hydrogen-bond acceptors (Lipinski definition) is 6. The minimum absolute atomic E-state index is 0.143. The van der Waals surface area contributed by atoms with Gasteiger partial charge in [-0.3, -0.25) is 0 Å². The molecule has 4 bridgehead atoms. The van der Waals surface area contributed by atoms with Gasteiger partial charge in [-0.25, -0.2) is 0 Å². The molecule has 0 aliphatic carbocycles. The van der Waals surface area contributed by atoms with Gasteiger partial charge in [0.2, 0.25) is 6.79 Å². The molecular weight excluding hydrogens is 304 g/mol. The lowest BCUT2D eigenvalue weighted by Crippen LogP contribution is -2.59. The average Bonchev–Trinajstić information content (AvgIpc) is 2.89. The Labute approximate surface area is 141 Å². The molecule has 6 nitrogen and oxygen atoms in total. The van der Waals surface area contributed by atoms with E-state index < -0.39 is 0 Å². The third-order valence-corrected chi connectivity index (χ3v) is 5.61. The number of benzene rings is 1. The third-order valence-electron chi connectivity index (χ3n) is 5.61. The Morgan fingerprint density at radius 1 is 1.12 bits per heavy atom. The molecule has 0 saturated carbocycles. The van der Waals surface area contributed by atoms with Crippen LogP contribution in [0, 0.1) is 11.3 Å². The smallest absolute Gasteiger partial charge is 0.231 e. The summed E-state index contributed by atoms with van der Waals surface area (Å²) in [6.45, 7) is 9.51. The van der Waals surface area contributed by atoms with Crippen molar-refractivity contribution in [1.82, 2.24) is 9.80 Å². The van der Waals surface area contributed by atoms with Gasteiger partial charge in [-0.05, 0) is 23.8 Å². The highest BCUT2D eigenvalue weighted by atomic mass is 16.7. The molecule has 0 N–H and O–H groups in total. The number of piperidine rings is 2. The lowest BCUT2D eigenvalue weighted by Gasteiger charge is -2.48. The number of hydrogen-bond donors (Lipinski definition) is 0. The van der Waals surface area contributed by atoms with Gasteiger partial charge in [0.25, 0.3) is 0 Å². The molecule has 0 aromatic heterocycles. The van der Waals surface area contributed by atoms with E-state index in [-0.39, 0.29) is 5.41 Å². The zero-order valence-corrected chi connectivity index (χ0v) is 13.9. The first kappa shape index (κ1) is 14.4. The fourth-order valence-electron chi connectivity index (χ4n) is 4.65. The van der Waals surface area contributed by atoms with Crippen molar-refractivity contribution >= 4 is 11.9 Å². The molecule has 24 heavy (non-hydrogen) atoms. The summed E-state index contributed by atoms with van der Waals surface area (Å²) in [4.78, 5) is 5.19. The number of rotatable bonds is 2. The highest BCUT2D eigenvalue weighted by Gasteiger charge is 2.49. The fraction of sp³-hybridized carbons (Fsp3) is 0.556. The maximum atomic E-state index is 5.41. The summed E-state index contributed by atoms with van der Waals surface area (Å²) in [5.74, 6) is 2.10. The van der Waals surface area contributed by atoms with Gasteiger partial charge in [0.1, 0.15) is 0 Å². The molecule has 5 aliphatic rings. The molecule has 4 saturated heterocycles. The molecule has 4 fully saturated rings. The van der Waals surface area contributed by atoms with Crippen LogP contribution < -0.4 is 9.47 Å². The van der Waals surface area contributed by atoms with Gasteiger partial charge in [-0.15, -0.1) is 0 Å². The van der Waals surface area contributed by atoms with Crippen molar-refractivity contribution in [3.05, 3.63) is 23.8 Å². The molecule has 6 heteroatoms. The van der Waals surface area contributed by atoms with Crippen molar-refractivity contribution in [2.45, 2.75) is 6.92 Å². The minimum Gasteiger partial charge on any atom is -0.454 e. The highest BCUT2D eigenvalue weighted by Crippen LogP contribution is 2.38. The Bertz CT molecular complexity index is 714. The van der Waals surface area contributed by atoms with Gasteiger partial charge in [0.05, 0.1) is 11.9 Å². The van der Waals surface area contributed by atoms with Crippen LogP contribution in [0.4, 0.5) is 0 Å². The van der Waals surface area contributed by atoms with Crippen LogP contribution >= 0.6 is 0 Å². The summed E-state index contributed by atoms with van der Waals surface area (Å²) in [7, 11) is 0. The third kappa shape index (κ3) is 2.32. The van der Waals surface area contributed by atoms with E-state index in [1.54, 1.807) is 0 Å². The lowest BCUT2D eigenvalue weighted by atomic mass is 9.72. The Hall–Kier alpha value is -1.92. The monoisotopic (exact) mass is 326 g/mol. The summed E-state index contributed by atoms with van der Waals surface area (Å²) in [6.07, 6.45) is 1.82. The van der Waals surface area contributed by atoms with E-state index in [1.165, 1.54) is 18.8 Å². The second kappa shape index (κ2) is 5.29. The molecule has 0 spiro atoms. The van der Waals surface area contributed by atoms with E-state index in [0.29, 0.717) is 12.7 Å². The molecule has 2 unspecified atom stereocenters. The maximum Gasteiger partial charge on any atom is 0.231 e. The van der Waals surface area contributed by atoms with Gasteiger partial charge in [0.15, 0.2) is 11.5 Å². The number of ether oxygens (including phenoxy) is 2. The summed E-state index contributed by atoms with van der Waals surface area (Å²) >= 11 is 0. The molecule has 2 atom stereocenters. The van der Waals surface area contributed by atoms with Gasteiger partial charge in [-0.1, -0.05) is 6.92 Å². The van der Waals surface area contributed by atoms with E-state index in [9.17, 15) is 0 Å². The SMILES string of the molecule is CC12CN3CCN(CC(C3)/C1=N/N=C/c1ccc3c(c1)OCO3)C2. The quantitative estimate of drug-likeness (QED) is 0.610. The van der Waals surface area contributed by atoms with Crippen LogP contribution in [0.3, 0.4) is 0 Å². The molecule has 5 heterocycles. The highest BCUT2D eigenvalue weighted by molar-refractivity contribution is 5.95. The summed E-state index contributed by atoms with van der Waals surface area (Å²) < 4.78 is 10.8. The van der Waals surface area contributed by atoms with Crippen LogP contribution in [0.15, 0.2) is 28.4 Å². The Balaban J connectivity index is 1.40. The van der Waals surface area contributed by atoms with Crippen molar-refractivity contribution in [1.29, 1.82) is 0 Å². The molecule has 0 amide bonds. The largest absolute Gasteiger partial charge is 0.454 e. The van der Waals surface area contributed by atoms with E-state index in [0.717, 1.165) is 43.2 Å². The number of fused-ring (bicyclic) bond motifs is 2. The molecule has 5 aliphatic heterocycles. The van der Waals surface area contributed by atoms with Crippen molar-refractivity contribution < 1.29 is 9.47 Å². The van der Waals surface area contributed by atoms with Gasteiger partial charge in [-0.2, -0.15) is 10.2 Å². The van der Waals surface area contributed by atoms with Crippen LogP contribution in [0.5, 0.6) is 11.5 Å². The first-order valence-electron chi connectivity index (χ1n) is 8.65. The van der Waals surface area contributed by atoms with Crippen molar-refractivity contribution in [3.8, 4) is 11.5 Å². The van der Waals surface area contributed by atoms with E-state index in [2.05, 4.69) is 26.9 Å². The van der Waals surface area contributed by atoms with Crippen LogP contribution in [-0.4, -0.2) is 67.8 Å². The maximum absolute atomic E-state index is 5.41. The summed E-state index contributed by atoms with van der Waals surface area (Å²) in [5, 5.41) is 9.10. The van der Waals surface area contributed by atoms with E-state index >= 15 is 0 Å². The molecule has 1 aromatic carbocycles. The van der Waals surface area contributed by atoms with Crippen molar-refractivity contribution in [2.75, 3.05) is 46.1 Å². The second-order valence-corrected chi connectivity index (χ2v) is 7.57. The first-order chi connectivity index (χ1) is 11.7. The Kier molecular flexibility index (Phi) is 3.18. The molecule has 6 rings (SSSR count). The van der Waals surface area contributed by atoms with Crippen LogP contribution in [0.2, 0.25) is 0 Å². The van der Waals surface area contributed by atoms with Crippen LogP contribution in [-0.2, 0) is 0 Å². The Morgan fingerprint density at radius 3 is 2.62 bits per heavy atom. The van der Waals surface area contributed by atoms with E-state index in [4.69, 9.17) is 9.47 Å². The van der Waals surface area contributed by atoms with Crippen LogP contribution in [0.1, 0.15) is 12.5 Å². The number of nitrogens with zero attached hydrogens (tertiary/aromatic N) is 4. The van der Waals surface area contributed by atoms with Crippen molar-refractivity contribution in [3.63, 3.8) is 0 Å². The summed E-state index contributed by atoms with van der Waals surface area (Å²) in [5.41, 5.74) is 2.42. The zero-order valence-electron chi connectivity index (χ0n) is 13.9. The topological polar surface area (TPSA) is 49.7 Å². The molecular formula is C18H22N4O2. The summed E-state index contributed by atoms with van der Waals surface area (Å²) in [6, 6.07) is 5.86.